The summed E-state index contributed by atoms with van der Waals surface area (Å²) in [4.78, 5) is 27.4. The fourth-order valence-corrected chi connectivity index (χ4v) is 3.87. The molecule has 0 aliphatic rings. The summed E-state index contributed by atoms with van der Waals surface area (Å²) in [5.41, 5.74) is 3.39. The van der Waals surface area contributed by atoms with Crippen molar-refractivity contribution in [1.29, 1.82) is 0 Å². The van der Waals surface area contributed by atoms with Crippen LogP contribution in [0.1, 0.15) is 43.4 Å². The molecule has 0 saturated heterocycles. The van der Waals surface area contributed by atoms with Crippen LogP contribution in [0.4, 0.5) is 0 Å². The Kier molecular flexibility index (Phi) is 9.78. The molecule has 0 spiro atoms. The number of rotatable bonds is 11. The maximum atomic E-state index is 13.1. The molecule has 4 nitrogen and oxygen atoms in total. The third-order valence-corrected chi connectivity index (χ3v) is 5.92. The third-order valence-electron chi connectivity index (χ3n) is 4.94. The number of amides is 2. The van der Waals surface area contributed by atoms with E-state index in [-0.39, 0.29) is 11.8 Å². The maximum absolute atomic E-state index is 13.1. The van der Waals surface area contributed by atoms with Crippen molar-refractivity contribution in [2.45, 2.75) is 52.0 Å². The van der Waals surface area contributed by atoms with Crippen molar-refractivity contribution >= 4 is 23.6 Å². The van der Waals surface area contributed by atoms with Gasteiger partial charge in [0.1, 0.15) is 6.04 Å². The number of hydrogen-bond donors (Lipinski definition) is 1. The molecule has 29 heavy (non-hydrogen) atoms. The summed E-state index contributed by atoms with van der Waals surface area (Å²) in [7, 11) is 0. The second-order valence-corrected chi connectivity index (χ2v) is 8.23. The van der Waals surface area contributed by atoms with Gasteiger partial charge in [0.25, 0.3) is 0 Å². The van der Waals surface area contributed by atoms with Gasteiger partial charge in [-0.3, -0.25) is 9.59 Å². The van der Waals surface area contributed by atoms with Crippen LogP contribution in [0.5, 0.6) is 0 Å². The molecule has 0 unspecified atom stereocenters. The monoisotopic (exact) mass is 412 g/mol. The van der Waals surface area contributed by atoms with Gasteiger partial charge in [-0.25, -0.2) is 0 Å². The van der Waals surface area contributed by atoms with Crippen LogP contribution < -0.4 is 5.32 Å². The van der Waals surface area contributed by atoms with Crippen LogP contribution in [0.3, 0.4) is 0 Å². The van der Waals surface area contributed by atoms with Crippen LogP contribution in [0, 0.1) is 6.92 Å². The van der Waals surface area contributed by atoms with Crippen molar-refractivity contribution in [1.82, 2.24) is 10.2 Å². The van der Waals surface area contributed by atoms with E-state index in [1.54, 1.807) is 16.7 Å². The molecule has 0 fully saturated rings. The largest absolute Gasteiger partial charge is 0.354 e. The van der Waals surface area contributed by atoms with Gasteiger partial charge in [-0.05, 0) is 37.0 Å². The van der Waals surface area contributed by atoms with Gasteiger partial charge >= 0.3 is 0 Å². The summed E-state index contributed by atoms with van der Waals surface area (Å²) >= 11 is 1.59. The quantitative estimate of drug-likeness (QED) is 0.550. The van der Waals surface area contributed by atoms with E-state index in [2.05, 4.69) is 24.4 Å². The minimum absolute atomic E-state index is 0.00711. The number of carbonyl (C=O) groups excluding carboxylic acids is 2. The molecule has 2 rings (SSSR count). The standard InChI is InChI=1S/C24H32N2O2S/c1-4-5-15-25-24(28)20(3)26(16-22-14-10-9-11-19(22)2)23(27)18-29-17-21-12-7-6-8-13-21/h6-14,20H,4-5,15-18H2,1-3H3,(H,25,28)/t20-/m1/s1. The van der Waals surface area contributed by atoms with Crippen LogP contribution in [0.15, 0.2) is 54.6 Å². The SMILES string of the molecule is CCCCNC(=O)[C@@H](C)N(Cc1ccccc1C)C(=O)CSCc1ccccc1. The van der Waals surface area contributed by atoms with Gasteiger partial charge in [-0.1, -0.05) is 67.9 Å². The first-order valence-corrected chi connectivity index (χ1v) is 11.4. The van der Waals surface area contributed by atoms with Gasteiger partial charge in [0, 0.05) is 18.8 Å². The van der Waals surface area contributed by atoms with E-state index >= 15 is 0 Å². The summed E-state index contributed by atoms with van der Waals surface area (Å²) < 4.78 is 0. The Balaban J connectivity index is 2.04. The molecule has 0 aliphatic heterocycles. The summed E-state index contributed by atoms with van der Waals surface area (Å²) in [5.74, 6) is 1.04. The minimum atomic E-state index is -0.503. The predicted molar refractivity (Wildman–Crippen MR) is 122 cm³/mol. The number of nitrogens with one attached hydrogen (secondary N) is 1. The van der Waals surface area contributed by atoms with E-state index in [1.807, 2.05) is 56.3 Å². The Bertz CT molecular complexity index is 779. The van der Waals surface area contributed by atoms with Gasteiger partial charge in [-0.2, -0.15) is 0 Å². The molecule has 2 aromatic rings. The van der Waals surface area contributed by atoms with E-state index in [0.717, 1.165) is 29.7 Å². The Morgan fingerprint density at radius 2 is 1.76 bits per heavy atom. The van der Waals surface area contributed by atoms with Crippen molar-refractivity contribution in [3.8, 4) is 0 Å². The van der Waals surface area contributed by atoms with Crippen LogP contribution in [0.2, 0.25) is 0 Å². The second kappa shape index (κ2) is 12.3. The number of thioether (sulfide) groups is 1. The van der Waals surface area contributed by atoms with Crippen LogP contribution in [0.25, 0.3) is 0 Å². The molecular weight excluding hydrogens is 380 g/mol. The van der Waals surface area contributed by atoms with E-state index in [9.17, 15) is 9.59 Å². The highest BCUT2D eigenvalue weighted by atomic mass is 32.2. The lowest BCUT2D eigenvalue weighted by Crippen LogP contribution is -2.48. The van der Waals surface area contributed by atoms with Crippen LogP contribution in [-0.2, 0) is 21.9 Å². The summed E-state index contributed by atoms with van der Waals surface area (Å²) in [6.45, 7) is 7.04. The van der Waals surface area contributed by atoms with Crippen molar-refractivity contribution in [2.75, 3.05) is 12.3 Å². The van der Waals surface area contributed by atoms with Gasteiger partial charge in [-0.15, -0.1) is 11.8 Å². The topological polar surface area (TPSA) is 49.4 Å². The lowest BCUT2D eigenvalue weighted by atomic mass is 10.1. The number of aryl methyl sites for hydroxylation is 1. The first kappa shape index (κ1) is 23.0. The molecule has 5 heteroatoms. The summed E-state index contributed by atoms with van der Waals surface area (Å²) in [5, 5.41) is 2.96. The molecule has 0 bridgehead atoms. The fourth-order valence-electron chi connectivity index (χ4n) is 3.00. The van der Waals surface area contributed by atoms with Gasteiger partial charge < -0.3 is 10.2 Å². The molecule has 0 saturated carbocycles. The number of hydrogen-bond acceptors (Lipinski definition) is 3. The van der Waals surface area contributed by atoms with Crippen molar-refractivity contribution in [3.63, 3.8) is 0 Å². The molecule has 2 amide bonds. The molecular formula is C24H32N2O2S. The minimum Gasteiger partial charge on any atom is -0.354 e. The molecule has 1 N–H and O–H groups in total. The zero-order valence-corrected chi connectivity index (χ0v) is 18.5. The first-order valence-electron chi connectivity index (χ1n) is 10.3. The zero-order chi connectivity index (χ0) is 21.1. The summed E-state index contributed by atoms with van der Waals surface area (Å²) in [6, 6.07) is 17.6. The smallest absolute Gasteiger partial charge is 0.242 e. The van der Waals surface area contributed by atoms with E-state index in [4.69, 9.17) is 0 Å². The van der Waals surface area contributed by atoms with Crippen LogP contribution in [-0.4, -0.2) is 35.1 Å². The Morgan fingerprint density at radius 1 is 1.07 bits per heavy atom. The van der Waals surface area contributed by atoms with Gasteiger partial charge in [0.05, 0.1) is 5.75 Å². The highest BCUT2D eigenvalue weighted by Crippen LogP contribution is 2.17. The second-order valence-electron chi connectivity index (χ2n) is 7.25. The zero-order valence-electron chi connectivity index (χ0n) is 17.7. The fraction of sp³-hybridized carbons (Fsp3) is 0.417. The Hall–Kier alpha value is -2.27. The molecule has 2 aromatic carbocycles. The molecule has 0 radical (unpaired) electrons. The third kappa shape index (κ3) is 7.58. The average molecular weight is 413 g/mol. The number of unbranched alkanes of at least 4 members (excludes halogenated alkanes) is 1. The normalized spacial score (nSPS) is 11.7. The van der Waals surface area contributed by atoms with Crippen molar-refractivity contribution < 1.29 is 9.59 Å². The Labute approximate surface area is 179 Å². The van der Waals surface area contributed by atoms with Crippen molar-refractivity contribution in [3.05, 3.63) is 71.3 Å². The molecule has 0 aromatic heterocycles. The molecule has 0 heterocycles. The number of nitrogens with zero attached hydrogens (tertiary/aromatic N) is 1. The van der Waals surface area contributed by atoms with E-state index < -0.39 is 6.04 Å². The predicted octanol–water partition coefficient (Wildman–Crippen LogP) is 4.56. The van der Waals surface area contributed by atoms with Gasteiger partial charge in [0.2, 0.25) is 11.8 Å². The molecule has 0 aliphatic carbocycles. The van der Waals surface area contributed by atoms with Crippen LogP contribution >= 0.6 is 11.8 Å². The van der Waals surface area contributed by atoms with Crippen molar-refractivity contribution in [2.24, 2.45) is 0 Å². The summed E-state index contributed by atoms with van der Waals surface area (Å²) in [6.07, 6.45) is 1.97. The lowest BCUT2D eigenvalue weighted by Gasteiger charge is -2.29. The van der Waals surface area contributed by atoms with E-state index in [0.29, 0.717) is 18.8 Å². The highest BCUT2D eigenvalue weighted by molar-refractivity contribution is 7.99. The van der Waals surface area contributed by atoms with E-state index in [1.165, 1.54) is 5.56 Å². The maximum Gasteiger partial charge on any atom is 0.242 e. The molecule has 156 valence electrons. The Morgan fingerprint density at radius 3 is 2.45 bits per heavy atom. The number of benzene rings is 2. The lowest BCUT2D eigenvalue weighted by molar-refractivity contribution is -0.138. The average Bonchev–Trinajstić information content (AvgIpc) is 2.73. The molecule has 1 atom stereocenters. The highest BCUT2D eigenvalue weighted by Gasteiger charge is 2.26. The van der Waals surface area contributed by atoms with Gasteiger partial charge in [0.15, 0.2) is 0 Å². The first-order chi connectivity index (χ1) is 14.0. The number of carbonyl (C=O) groups is 2.